The minimum Gasteiger partial charge on any atom is -0.309 e. The molecule has 0 amide bonds. The Morgan fingerprint density at radius 3 is 1.61 bits per heavy atom. The molecule has 0 fully saturated rings. The predicted octanol–water partition coefficient (Wildman–Crippen LogP) is 12.0. The zero-order valence-electron chi connectivity index (χ0n) is 27.6. The van der Waals surface area contributed by atoms with Crippen molar-refractivity contribution in [2.24, 2.45) is 0 Å². The van der Waals surface area contributed by atoms with Crippen LogP contribution in [0.15, 0.2) is 182 Å². The summed E-state index contributed by atoms with van der Waals surface area (Å²) in [5, 5.41) is 7.38. The molecule has 0 saturated heterocycles. The number of rotatable bonds is 4. The molecule has 0 radical (unpaired) electrons. The molecule has 0 atom stereocenters. The Morgan fingerprint density at radius 2 is 0.882 bits per heavy atom. The maximum absolute atomic E-state index is 5.39. The molecule has 11 rings (SSSR count). The standard InChI is InChI=1S/C47H30N4/c1-3-14-32(15-4-1)49-40-22-10-8-19-35(40)38-30-31(26-28-43(38)49)39-21-13-25-45(48-39)51-42-24-12-9-20-37(42)46-44(51)29-27-36-34-18-7-11-23-41(34)50(47(36)46)33-16-5-2-6-17-33/h1-30H. The highest BCUT2D eigenvalue weighted by Crippen LogP contribution is 2.42. The maximum atomic E-state index is 5.39. The lowest BCUT2D eigenvalue weighted by Gasteiger charge is -2.11. The van der Waals surface area contributed by atoms with Gasteiger partial charge in [0, 0.05) is 49.3 Å². The Kier molecular flexibility index (Phi) is 5.92. The number of para-hydroxylation sites is 5. The largest absolute Gasteiger partial charge is 0.309 e. The first-order valence-corrected chi connectivity index (χ1v) is 17.4. The lowest BCUT2D eigenvalue weighted by molar-refractivity contribution is 1.08. The zero-order chi connectivity index (χ0) is 33.5. The van der Waals surface area contributed by atoms with E-state index in [1.165, 1.54) is 54.4 Å². The summed E-state index contributed by atoms with van der Waals surface area (Å²) in [5.41, 5.74) is 11.4. The molecule has 4 heteroatoms. The number of pyridine rings is 1. The summed E-state index contributed by atoms with van der Waals surface area (Å²) in [5.74, 6) is 0.896. The molecule has 0 aliphatic carbocycles. The lowest BCUT2D eigenvalue weighted by atomic mass is 10.1. The minimum absolute atomic E-state index is 0.896. The Labute approximate surface area is 293 Å². The van der Waals surface area contributed by atoms with Crippen molar-refractivity contribution in [2.75, 3.05) is 0 Å². The molecule has 0 bridgehead atoms. The van der Waals surface area contributed by atoms with E-state index in [-0.39, 0.29) is 0 Å². The highest BCUT2D eigenvalue weighted by atomic mass is 15.1. The number of aromatic nitrogens is 4. The second-order valence-electron chi connectivity index (χ2n) is 13.2. The van der Waals surface area contributed by atoms with Crippen molar-refractivity contribution in [3.63, 3.8) is 0 Å². The number of hydrogen-bond acceptors (Lipinski definition) is 1. The van der Waals surface area contributed by atoms with Crippen molar-refractivity contribution in [3.05, 3.63) is 182 Å². The van der Waals surface area contributed by atoms with Crippen LogP contribution < -0.4 is 0 Å². The predicted molar refractivity (Wildman–Crippen MR) is 213 cm³/mol. The van der Waals surface area contributed by atoms with Gasteiger partial charge in [0.15, 0.2) is 0 Å². The van der Waals surface area contributed by atoms with E-state index < -0.39 is 0 Å². The average Bonchev–Trinajstić information content (AvgIpc) is 3.84. The maximum Gasteiger partial charge on any atom is 0.138 e. The van der Waals surface area contributed by atoms with Crippen LogP contribution in [0, 0.1) is 0 Å². The Bertz CT molecular complexity index is 3130. The summed E-state index contributed by atoms with van der Waals surface area (Å²) in [4.78, 5) is 5.39. The van der Waals surface area contributed by atoms with E-state index in [0.29, 0.717) is 0 Å². The molecule has 51 heavy (non-hydrogen) atoms. The molecule has 0 saturated carbocycles. The summed E-state index contributed by atoms with van der Waals surface area (Å²) >= 11 is 0. The summed E-state index contributed by atoms with van der Waals surface area (Å²) in [7, 11) is 0. The van der Waals surface area contributed by atoms with E-state index in [9.17, 15) is 0 Å². The normalized spacial score (nSPS) is 11.9. The van der Waals surface area contributed by atoms with Gasteiger partial charge in [-0.3, -0.25) is 4.57 Å². The summed E-state index contributed by atoms with van der Waals surface area (Å²) < 4.78 is 7.11. The molecule has 0 N–H and O–H groups in total. The first kappa shape index (κ1) is 28.0. The van der Waals surface area contributed by atoms with Crippen LogP contribution in [0.4, 0.5) is 0 Å². The first-order chi connectivity index (χ1) is 25.3. The van der Waals surface area contributed by atoms with Crippen molar-refractivity contribution in [3.8, 4) is 28.5 Å². The van der Waals surface area contributed by atoms with Gasteiger partial charge in [-0.2, -0.15) is 0 Å². The molecule has 4 nitrogen and oxygen atoms in total. The molecule has 7 aromatic carbocycles. The first-order valence-electron chi connectivity index (χ1n) is 17.4. The topological polar surface area (TPSA) is 27.7 Å². The third kappa shape index (κ3) is 4.05. The molecule has 4 aromatic heterocycles. The van der Waals surface area contributed by atoms with Crippen LogP contribution in [0.25, 0.3) is 93.9 Å². The van der Waals surface area contributed by atoms with Gasteiger partial charge in [0.05, 0.1) is 38.8 Å². The quantitative estimate of drug-likeness (QED) is 0.186. The molecule has 0 unspecified atom stereocenters. The van der Waals surface area contributed by atoms with Gasteiger partial charge in [-0.25, -0.2) is 4.98 Å². The van der Waals surface area contributed by atoms with Gasteiger partial charge < -0.3 is 9.13 Å². The Hall–Kier alpha value is -6.91. The van der Waals surface area contributed by atoms with Crippen molar-refractivity contribution >= 4 is 65.4 Å². The van der Waals surface area contributed by atoms with Gasteiger partial charge in [-0.15, -0.1) is 0 Å². The highest BCUT2D eigenvalue weighted by molar-refractivity contribution is 6.26. The third-order valence-corrected chi connectivity index (χ3v) is 10.4. The molecule has 0 aliphatic heterocycles. The van der Waals surface area contributed by atoms with Crippen molar-refractivity contribution in [2.45, 2.75) is 0 Å². The van der Waals surface area contributed by atoms with E-state index in [1.54, 1.807) is 0 Å². The fourth-order valence-corrected chi connectivity index (χ4v) is 8.30. The van der Waals surface area contributed by atoms with E-state index in [1.807, 2.05) is 0 Å². The van der Waals surface area contributed by atoms with Crippen LogP contribution in [0.1, 0.15) is 0 Å². The van der Waals surface area contributed by atoms with E-state index in [0.717, 1.165) is 39.5 Å². The van der Waals surface area contributed by atoms with Crippen LogP contribution in [0.2, 0.25) is 0 Å². The number of hydrogen-bond donors (Lipinski definition) is 0. The van der Waals surface area contributed by atoms with Gasteiger partial charge in [-0.1, -0.05) is 109 Å². The van der Waals surface area contributed by atoms with Crippen molar-refractivity contribution < 1.29 is 0 Å². The fraction of sp³-hybridized carbons (Fsp3) is 0. The molecule has 238 valence electrons. The Morgan fingerprint density at radius 1 is 0.333 bits per heavy atom. The van der Waals surface area contributed by atoms with E-state index in [4.69, 9.17) is 4.98 Å². The van der Waals surface area contributed by atoms with Gasteiger partial charge in [0.1, 0.15) is 5.82 Å². The second kappa shape index (κ2) is 10.8. The van der Waals surface area contributed by atoms with Crippen LogP contribution in [-0.4, -0.2) is 18.7 Å². The highest BCUT2D eigenvalue weighted by Gasteiger charge is 2.21. The molecule has 11 aromatic rings. The summed E-state index contributed by atoms with van der Waals surface area (Å²) in [6.07, 6.45) is 0. The van der Waals surface area contributed by atoms with Gasteiger partial charge >= 0.3 is 0 Å². The van der Waals surface area contributed by atoms with Crippen LogP contribution in [0.5, 0.6) is 0 Å². The summed E-state index contributed by atoms with van der Waals surface area (Å²) in [6.45, 7) is 0. The second-order valence-corrected chi connectivity index (χ2v) is 13.2. The van der Waals surface area contributed by atoms with Crippen LogP contribution in [0.3, 0.4) is 0 Å². The third-order valence-electron chi connectivity index (χ3n) is 10.4. The summed E-state index contributed by atoms with van der Waals surface area (Å²) in [6, 6.07) is 65.2. The van der Waals surface area contributed by atoms with Gasteiger partial charge in [-0.05, 0) is 72.8 Å². The number of fused-ring (bicyclic) bond motifs is 10. The molecule has 0 spiro atoms. The molecular weight excluding hydrogens is 621 g/mol. The number of benzene rings is 7. The monoisotopic (exact) mass is 650 g/mol. The van der Waals surface area contributed by atoms with E-state index >= 15 is 0 Å². The minimum atomic E-state index is 0.896. The number of nitrogens with zero attached hydrogens (tertiary/aromatic N) is 4. The van der Waals surface area contributed by atoms with Gasteiger partial charge in [0.25, 0.3) is 0 Å². The van der Waals surface area contributed by atoms with Crippen molar-refractivity contribution in [1.82, 2.24) is 18.7 Å². The molecular formula is C47H30N4. The zero-order valence-corrected chi connectivity index (χ0v) is 27.6. The molecule has 4 heterocycles. The fourth-order valence-electron chi connectivity index (χ4n) is 8.30. The SMILES string of the molecule is c1ccc(-n2c3ccccc3c3cc(-c4cccc(-n5c6ccccc6c6c5ccc5c7ccccc7n(-c7ccccc7)c56)n4)ccc32)cc1. The molecule has 0 aliphatic rings. The average molecular weight is 651 g/mol. The van der Waals surface area contributed by atoms with Crippen LogP contribution in [-0.2, 0) is 0 Å². The van der Waals surface area contributed by atoms with Crippen molar-refractivity contribution in [1.29, 1.82) is 0 Å². The lowest BCUT2D eigenvalue weighted by Crippen LogP contribution is -1.99. The van der Waals surface area contributed by atoms with Crippen LogP contribution >= 0.6 is 0 Å². The van der Waals surface area contributed by atoms with E-state index in [2.05, 4.69) is 196 Å². The van der Waals surface area contributed by atoms with Gasteiger partial charge in [0.2, 0.25) is 0 Å². The Balaban J connectivity index is 1.15. The smallest absolute Gasteiger partial charge is 0.138 e.